The summed E-state index contributed by atoms with van der Waals surface area (Å²) in [5, 5.41) is 0.657. The second-order valence-corrected chi connectivity index (χ2v) is 7.72. The van der Waals surface area contributed by atoms with Gasteiger partial charge in [-0.25, -0.2) is 14.8 Å². The van der Waals surface area contributed by atoms with Gasteiger partial charge in [-0.1, -0.05) is 17.7 Å². The zero-order chi connectivity index (χ0) is 19.5. The van der Waals surface area contributed by atoms with Gasteiger partial charge < -0.3 is 9.64 Å². The molecule has 0 aliphatic carbocycles. The van der Waals surface area contributed by atoms with E-state index in [4.69, 9.17) is 16.3 Å². The Morgan fingerprint density at radius 2 is 2.04 bits per heavy atom. The molecule has 2 N–H and O–H groups in total. The molecular weight excluding hydrogens is 381 g/mol. The molecule has 4 rings (SSSR count). The molecule has 2 aliphatic heterocycles. The third-order valence-electron chi connectivity index (χ3n) is 5.53. The summed E-state index contributed by atoms with van der Waals surface area (Å²) in [6.45, 7) is 5.64. The average Bonchev–Trinajstić information content (AvgIpc) is 3.17. The van der Waals surface area contributed by atoms with E-state index >= 15 is 0 Å². The van der Waals surface area contributed by atoms with E-state index in [1.165, 1.54) is 7.11 Å². The fourth-order valence-corrected chi connectivity index (χ4v) is 4.10. The second kappa shape index (κ2) is 8.61. The number of anilines is 1. The smallest absolute Gasteiger partial charge is 0.165 e. The molecular formula is C20H25ClFN5O. The van der Waals surface area contributed by atoms with Crippen molar-refractivity contribution >= 4 is 17.4 Å². The molecule has 1 aromatic heterocycles. The maximum atomic E-state index is 14.1. The normalized spacial score (nSPS) is 23.2. The lowest BCUT2D eigenvalue weighted by Crippen LogP contribution is -2.48. The fraction of sp³-hybridized carbons (Fsp3) is 0.450. The molecule has 0 spiro atoms. The van der Waals surface area contributed by atoms with Crippen LogP contribution in [-0.2, 0) is 0 Å². The van der Waals surface area contributed by atoms with Crippen molar-refractivity contribution in [2.75, 3.05) is 51.3 Å². The van der Waals surface area contributed by atoms with Crippen molar-refractivity contribution < 1.29 is 9.13 Å². The quantitative estimate of drug-likeness (QED) is 0.797. The largest absolute Gasteiger partial charge is 0.494 e. The van der Waals surface area contributed by atoms with E-state index in [-0.39, 0.29) is 17.6 Å². The number of methoxy groups -OCH3 is 1. The molecule has 0 radical (unpaired) electrons. The summed E-state index contributed by atoms with van der Waals surface area (Å²) in [6, 6.07) is 9.13. The van der Waals surface area contributed by atoms with Crippen molar-refractivity contribution in [1.29, 1.82) is 0 Å². The molecule has 28 heavy (non-hydrogen) atoms. The summed E-state index contributed by atoms with van der Waals surface area (Å²) in [7, 11) is 1.48. The molecule has 0 bridgehead atoms. The zero-order valence-electron chi connectivity index (χ0n) is 15.9. The van der Waals surface area contributed by atoms with Gasteiger partial charge in [0, 0.05) is 51.4 Å². The Kier molecular flexibility index (Phi) is 5.96. The average molecular weight is 406 g/mol. The molecule has 0 saturated carbocycles. The number of nitrogens with one attached hydrogen (secondary N) is 2. The molecule has 150 valence electrons. The lowest BCUT2D eigenvalue weighted by Gasteiger charge is -2.37. The Balaban J connectivity index is 1.35. The van der Waals surface area contributed by atoms with Gasteiger partial charge in [0.25, 0.3) is 0 Å². The first-order valence-electron chi connectivity index (χ1n) is 9.55. The molecule has 2 aliphatic rings. The first-order valence-corrected chi connectivity index (χ1v) is 9.92. The molecule has 6 nitrogen and oxygen atoms in total. The predicted octanol–water partition coefficient (Wildman–Crippen LogP) is 2.47. The molecule has 2 unspecified atom stereocenters. The summed E-state index contributed by atoms with van der Waals surface area (Å²) in [5.74, 6) is 1.29. The fourth-order valence-electron chi connectivity index (χ4n) is 3.98. The molecule has 1 aromatic carbocycles. The second-order valence-electron chi connectivity index (χ2n) is 7.28. The standard InChI is InChI=1S/C20H25ClFN5O/c1-28-18-4-2-14(10-17(18)22)20-15(11-24-25-20)13-26-6-8-27(9-7-26)19-5-3-16(21)12-23-19/h2-5,10,12,15,20,24-25H,6-9,11,13H2,1H3. The van der Waals surface area contributed by atoms with Gasteiger partial charge >= 0.3 is 0 Å². The van der Waals surface area contributed by atoms with Crippen molar-refractivity contribution in [2.24, 2.45) is 5.92 Å². The van der Waals surface area contributed by atoms with Crippen LogP contribution in [0.1, 0.15) is 11.6 Å². The van der Waals surface area contributed by atoms with Gasteiger partial charge in [0.2, 0.25) is 0 Å². The molecule has 0 amide bonds. The third-order valence-corrected chi connectivity index (χ3v) is 5.75. The monoisotopic (exact) mass is 405 g/mol. The molecule has 2 fully saturated rings. The topological polar surface area (TPSA) is 52.7 Å². The van der Waals surface area contributed by atoms with Crippen LogP contribution in [0.15, 0.2) is 36.5 Å². The minimum absolute atomic E-state index is 0.0800. The minimum Gasteiger partial charge on any atom is -0.494 e. The molecule has 2 aromatic rings. The number of ether oxygens (including phenoxy) is 1. The summed E-state index contributed by atoms with van der Waals surface area (Å²) in [5.41, 5.74) is 7.48. The van der Waals surface area contributed by atoms with Crippen LogP contribution in [0, 0.1) is 11.7 Å². The van der Waals surface area contributed by atoms with Gasteiger partial charge in [-0.3, -0.25) is 10.3 Å². The minimum atomic E-state index is -0.323. The first-order chi connectivity index (χ1) is 13.6. The number of hydrazine groups is 1. The van der Waals surface area contributed by atoms with E-state index in [9.17, 15) is 4.39 Å². The Bertz CT molecular complexity index is 798. The number of rotatable bonds is 5. The van der Waals surface area contributed by atoms with Gasteiger partial charge in [-0.15, -0.1) is 0 Å². The van der Waals surface area contributed by atoms with Crippen LogP contribution in [0.2, 0.25) is 5.02 Å². The van der Waals surface area contributed by atoms with Crippen LogP contribution in [0.5, 0.6) is 5.75 Å². The van der Waals surface area contributed by atoms with Crippen LogP contribution in [-0.4, -0.2) is 56.3 Å². The van der Waals surface area contributed by atoms with Crippen LogP contribution in [0.3, 0.4) is 0 Å². The highest BCUT2D eigenvalue weighted by molar-refractivity contribution is 6.30. The van der Waals surface area contributed by atoms with Crippen LogP contribution < -0.4 is 20.5 Å². The maximum absolute atomic E-state index is 14.1. The highest BCUT2D eigenvalue weighted by Crippen LogP contribution is 2.29. The van der Waals surface area contributed by atoms with Gasteiger partial charge in [0.05, 0.1) is 18.2 Å². The number of aromatic nitrogens is 1. The summed E-state index contributed by atoms with van der Waals surface area (Å²) in [4.78, 5) is 9.17. The van der Waals surface area contributed by atoms with E-state index in [1.807, 2.05) is 18.2 Å². The maximum Gasteiger partial charge on any atom is 0.165 e. The van der Waals surface area contributed by atoms with Gasteiger partial charge in [-0.2, -0.15) is 0 Å². The van der Waals surface area contributed by atoms with Gasteiger partial charge in [0.15, 0.2) is 11.6 Å². The molecule has 3 heterocycles. The Morgan fingerprint density at radius 3 is 2.71 bits per heavy atom. The highest BCUT2D eigenvalue weighted by Gasteiger charge is 2.31. The van der Waals surface area contributed by atoms with Crippen molar-refractivity contribution in [1.82, 2.24) is 20.7 Å². The zero-order valence-corrected chi connectivity index (χ0v) is 16.6. The summed E-state index contributed by atoms with van der Waals surface area (Å²) in [6.07, 6.45) is 1.69. The first kappa shape index (κ1) is 19.4. The number of nitrogens with zero attached hydrogens (tertiary/aromatic N) is 3. The number of hydrogen-bond donors (Lipinski definition) is 2. The lowest BCUT2D eigenvalue weighted by atomic mass is 9.94. The number of halogens is 2. The van der Waals surface area contributed by atoms with Crippen LogP contribution in [0.25, 0.3) is 0 Å². The number of piperazine rings is 1. The van der Waals surface area contributed by atoms with E-state index in [1.54, 1.807) is 18.3 Å². The summed E-state index contributed by atoms with van der Waals surface area (Å²) >= 11 is 5.93. The van der Waals surface area contributed by atoms with E-state index in [0.29, 0.717) is 10.9 Å². The van der Waals surface area contributed by atoms with E-state index in [0.717, 1.165) is 50.6 Å². The third kappa shape index (κ3) is 4.22. The van der Waals surface area contributed by atoms with Crippen LogP contribution >= 0.6 is 11.6 Å². The van der Waals surface area contributed by atoms with Crippen molar-refractivity contribution in [2.45, 2.75) is 6.04 Å². The predicted molar refractivity (Wildman–Crippen MR) is 108 cm³/mol. The molecule has 8 heteroatoms. The lowest BCUT2D eigenvalue weighted by molar-refractivity contribution is 0.214. The van der Waals surface area contributed by atoms with Gasteiger partial charge in [-0.05, 0) is 29.8 Å². The van der Waals surface area contributed by atoms with Crippen molar-refractivity contribution in [3.63, 3.8) is 0 Å². The van der Waals surface area contributed by atoms with E-state index in [2.05, 4.69) is 25.6 Å². The SMILES string of the molecule is COc1ccc(C2NNCC2CN2CCN(c3ccc(Cl)cn3)CC2)cc1F. The van der Waals surface area contributed by atoms with E-state index < -0.39 is 0 Å². The van der Waals surface area contributed by atoms with Gasteiger partial charge in [0.1, 0.15) is 5.82 Å². The Hall–Kier alpha value is -1.93. The highest BCUT2D eigenvalue weighted by atomic mass is 35.5. The van der Waals surface area contributed by atoms with Crippen molar-refractivity contribution in [3.8, 4) is 5.75 Å². The number of benzene rings is 1. The Morgan fingerprint density at radius 1 is 1.21 bits per heavy atom. The number of hydrogen-bond acceptors (Lipinski definition) is 6. The molecule has 2 saturated heterocycles. The van der Waals surface area contributed by atoms with Crippen molar-refractivity contribution in [3.05, 3.63) is 52.9 Å². The summed E-state index contributed by atoms with van der Waals surface area (Å²) < 4.78 is 19.1. The molecule has 2 atom stereocenters. The number of pyridine rings is 1. The van der Waals surface area contributed by atoms with Crippen LogP contribution in [0.4, 0.5) is 10.2 Å². The Labute approximate surface area is 169 Å².